The van der Waals surface area contributed by atoms with E-state index in [1.807, 2.05) is 48.5 Å². The molecule has 1 aliphatic carbocycles. The molecule has 6 fully saturated rings. The van der Waals surface area contributed by atoms with Crippen LogP contribution in [-0.2, 0) is 38.1 Å². The van der Waals surface area contributed by atoms with E-state index in [4.69, 9.17) is 30.1 Å². The average molecular weight is 815 g/mol. The minimum absolute atomic E-state index is 0.0281. The molecule has 11 nitrogen and oxygen atoms in total. The smallest absolute Gasteiger partial charge is 0.309 e. The number of carboxylic acids is 1. The largest absolute Gasteiger partial charge is 0.481 e. The van der Waals surface area contributed by atoms with Crippen LogP contribution in [0, 0.1) is 71.0 Å². The summed E-state index contributed by atoms with van der Waals surface area (Å²) in [5, 5.41) is 32.9. The van der Waals surface area contributed by atoms with Crippen molar-refractivity contribution in [3.8, 4) is 12.3 Å². The highest BCUT2D eigenvalue weighted by Crippen LogP contribution is 2.67. The standard InChI is InChI=1S/C47H74O11/c1-13-31(42(51)52)34-18-17-25(5)39(55-34)29(9)37(48)28(8)38(49)32(14-2)40-26(6)23-27(7)47(56-40)33-24-43(11,15-3)36(33)41(50)46(58-47)22-21-44(12,57-46)35-19-20-45(53,16-4)30(10)54-35/h3,25-37,39-40,48,53H,13-14,16-24H2,1-2,4-12H3,(H,51,52)/t25-,26-,27+,28-,29-,30-,31+,32-,33-,34+,35+,36+,37+,39+,40-,43+,44-,45+,46-,47+/m0/s1. The number of carboxylic acid groups (broad SMARTS) is 1. The Labute approximate surface area is 347 Å². The van der Waals surface area contributed by atoms with Gasteiger partial charge in [0.25, 0.3) is 0 Å². The van der Waals surface area contributed by atoms with Crippen LogP contribution in [0.3, 0.4) is 0 Å². The van der Waals surface area contributed by atoms with Gasteiger partial charge in [0.2, 0.25) is 5.79 Å². The number of carbonyl (C=O) groups excluding carboxylic acids is 2. The Morgan fingerprint density at radius 2 is 1.59 bits per heavy atom. The predicted octanol–water partition coefficient (Wildman–Crippen LogP) is 7.12. The number of hydrogen-bond donors (Lipinski definition) is 3. The van der Waals surface area contributed by atoms with Gasteiger partial charge >= 0.3 is 5.97 Å². The second-order valence-electron chi connectivity index (χ2n) is 20.3. The van der Waals surface area contributed by atoms with Gasteiger partial charge in [0.15, 0.2) is 11.6 Å². The number of aliphatic hydroxyl groups is 2. The molecule has 0 aromatic carbocycles. The second-order valence-corrected chi connectivity index (χ2v) is 20.3. The van der Waals surface area contributed by atoms with E-state index in [1.165, 1.54) is 0 Å². The highest BCUT2D eigenvalue weighted by Gasteiger charge is 2.76. The number of terminal acetylenes is 1. The van der Waals surface area contributed by atoms with E-state index in [0.29, 0.717) is 64.2 Å². The molecule has 6 aliphatic rings. The summed E-state index contributed by atoms with van der Waals surface area (Å²) in [5.41, 5.74) is -2.49. The summed E-state index contributed by atoms with van der Waals surface area (Å²) < 4.78 is 34.4. The van der Waals surface area contributed by atoms with Gasteiger partial charge in [0, 0.05) is 47.3 Å². The number of fused-ring (bicyclic) bond motifs is 2. The molecule has 0 radical (unpaired) electrons. The lowest BCUT2D eigenvalue weighted by Gasteiger charge is -2.66. The number of carbonyl (C=O) groups is 3. The third kappa shape index (κ3) is 7.34. The van der Waals surface area contributed by atoms with Crippen LogP contribution in [0.25, 0.3) is 0 Å². The summed E-state index contributed by atoms with van der Waals surface area (Å²) >= 11 is 0. The minimum atomic E-state index is -1.62. The molecule has 1 saturated carbocycles. The molecular weight excluding hydrogens is 741 g/mol. The van der Waals surface area contributed by atoms with Crippen LogP contribution in [0.15, 0.2) is 0 Å². The number of ketones is 2. The van der Waals surface area contributed by atoms with Crippen molar-refractivity contribution in [3.63, 3.8) is 0 Å². The van der Waals surface area contributed by atoms with Gasteiger partial charge in [-0.1, -0.05) is 61.3 Å². The summed E-state index contributed by atoms with van der Waals surface area (Å²) in [5.74, 6) is -4.35. The Bertz CT molecular complexity index is 1590. The molecule has 58 heavy (non-hydrogen) atoms. The van der Waals surface area contributed by atoms with Gasteiger partial charge in [-0.25, -0.2) is 0 Å². The molecule has 328 valence electrons. The van der Waals surface area contributed by atoms with E-state index in [-0.39, 0.29) is 41.3 Å². The molecule has 5 heterocycles. The molecule has 6 rings (SSSR count). The van der Waals surface area contributed by atoms with Gasteiger partial charge in [-0.15, -0.1) is 6.42 Å². The second kappa shape index (κ2) is 16.4. The number of Topliss-reactive ketones (excluding diaryl/α,β-unsaturated/α-hetero) is 2. The van der Waals surface area contributed by atoms with Crippen LogP contribution in [0.2, 0.25) is 0 Å². The average Bonchev–Trinajstić information content (AvgIpc) is 3.53. The lowest BCUT2D eigenvalue weighted by Crippen LogP contribution is -2.75. The van der Waals surface area contributed by atoms with Crippen molar-refractivity contribution in [3.05, 3.63) is 0 Å². The molecule has 0 unspecified atom stereocenters. The van der Waals surface area contributed by atoms with Crippen molar-refractivity contribution >= 4 is 17.5 Å². The normalized spacial score (nSPS) is 48.0. The summed E-state index contributed by atoms with van der Waals surface area (Å²) in [6, 6.07) is 0. The molecule has 0 aromatic rings. The quantitative estimate of drug-likeness (QED) is 0.173. The zero-order valence-corrected chi connectivity index (χ0v) is 37.1. The van der Waals surface area contributed by atoms with Crippen LogP contribution in [-0.4, -0.2) is 92.3 Å². The van der Waals surface area contributed by atoms with E-state index in [1.54, 1.807) is 6.92 Å². The molecule has 0 aromatic heterocycles. The van der Waals surface area contributed by atoms with Gasteiger partial charge in [0.05, 0.1) is 53.7 Å². The number of aliphatic hydroxyl groups excluding tert-OH is 1. The highest BCUT2D eigenvalue weighted by atomic mass is 16.8. The van der Waals surface area contributed by atoms with Gasteiger partial charge in [-0.3, -0.25) is 14.4 Å². The van der Waals surface area contributed by atoms with E-state index < -0.39 is 94.3 Å². The Morgan fingerprint density at radius 1 is 0.914 bits per heavy atom. The van der Waals surface area contributed by atoms with Crippen LogP contribution in [0.1, 0.15) is 147 Å². The molecule has 0 amide bonds. The molecular formula is C47H74O11. The summed E-state index contributed by atoms with van der Waals surface area (Å²) in [6.07, 6.45) is 9.15. The van der Waals surface area contributed by atoms with Crippen LogP contribution in [0.5, 0.6) is 0 Å². The fraction of sp³-hybridized carbons (Fsp3) is 0.894. The molecule has 0 bridgehead atoms. The molecule has 2 spiro atoms. The first-order valence-corrected chi connectivity index (χ1v) is 22.7. The maximum atomic E-state index is 14.8. The summed E-state index contributed by atoms with van der Waals surface area (Å²) in [6.45, 7) is 21.6. The van der Waals surface area contributed by atoms with E-state index in [9.17, 15) is 29.7 Å². The maximum absolute atomic E-state index is 14.8. The molecule has 20 atom stereocenters. The topological polar surface area (TPSA) is 158 Å². The fourth-order valence-corrected chi connectivity index (χ4v) is 12.5. The highest BCUT2D eigenvalue weighted by molar-refractivity contribution is 5.92. The number of ether oxygens (including phenoxy) is 5. The number of rotatable bonds is 12. The Morgan fingerprint density at radius 3 is 2.17 bits per heavy atom. The van der Waals surface area contributed by atoms with Crippen molar-refractivity contribution in [1.29, 1.82) is 0 Å². The van der Waals surface area contributed by atoms with Crippen molar-refractivity contribution in [2.24, 2.45) is 58.7 Å². The van der Waals surface area contributed by atoms with Crippen LogP contribution in [0.4, 0.5) is 0 Å². The van der Waals surface area contributed by atoms with Gasteiger partial charge in [-0.05, 0) is 96.8 Å². The summed E-state index contributed by atoms with van der Waals surface area (Å²) in [4.78, 5) is 41.6. The van der Waals surface area contributed by atoms with Crippen molar-refractivity contribution < 1.29 is 53.4 Å². The lowest BCUT2D eigenvalue weighted by atomic mass is 9.47. The fourth-order valence-electron chi connectivity index (χ4n) is 12.5. The Balaban J connectivity index is 1.25. The van der Waals surface area contributed by atoms with Crippen LogP contribution >= 0.6 is 0 Å². The third-order valence-electron chi connectivity index (χ3n) is 16.7. The van der Waals surface area contributed by atoms with Gasteiger partial charge < -0.3 is 39.0 Å². The molecule has 5 aliphatic heterocycles. The zero-order valence-electron chi connectivity index (χ0n) is 37.1. The van der Waals surface area contributed by atoms with E-state index in [2.05, 4.69) is 26.7 Å². The maximum Gasteiger partial charge on any atom is 0.309 e. The first-order chi connectivity index (χ1) is 27.1. The van der Waals surface area contributed by atoms with E-state index >= 15 is 0 Å². The van der Waals surface area contributed by atoms with Crippen molar-refractivity contribution in [2.45, 2.75) is 206 Å². The van der Waals surface area contributed by atoms with Gasteiger partial charge in [0.1, 0.15) is 5.78 Å². The van der Waals surface area contributed by atoms with E-state index in [0.717, 1.165) is 6.42 Å². The first-order valence-electron chi connectivity index (χ1n) is 22.7. The SMILES string of the molecule is C#C[C@]1(C)C[C@H]2[C@@H]1C(=O)[C@]1(CC[C@@](C)([C@H]3CC[C@](O)(CC)[C@H](C)O3)O1)O[C@@]21O[C@H]([C@@H](CC)C(=O)[C@@H](C)[C@@H](O)[C@H](C)[C@@H]2O[C@@H]([C@@H](CC)C(=O)O)CC[C@@H]2C)[C@@H](C)C[C@H]1C. The van der Waals surface area contributed by atoms with Crippen LogP contribution < -0.4 is 0 Å². The monoisotopic (exact) mass is 815 g/mol. The summed E-state index contributed by atoms with van der Waals surface area (Å²) in [7, 11) is 0. The molecule has 5 saturated heterocycles. The Hall–Kier alpha value is -1.91. The molecule has 11 heteroatoms. The number of hydrogen-bond acceptors (Lipinski definition) is 10. The third-order valence-corrected chi connectivity index (χ3v) is 16.7. The van der Waals surface area contributed by atoms with Crippen molar-refractivity contribution in [1.82, 2.24) is 0 Å². The van der Waals surface area contributed by atoms with Crippen molar-refractivity contribution in [2.75, 3.05) is 0 Å². The Kier molecular flexibility index (Phi) is 12.9. The van der Waals surface area contributed by atoms with Gasteiger partial charge in [-0.2, -0.15) is 0 Å². The first kappa shape index (κ1) is 45.6. The zero-order chi connectivity index (χ0) is 42.9. The predicted molar refractivity (Wildman–Crippen MR) is 217 cm³/mol. The lowest BCUT2D eigenvalue weighted by molar-refractivity contribution is -0.442. The molecule has 3 N–H and O–H groups in total. The minimum Gasteiger partial charge on any atom is -0.481 e. The number of aliphatic carboxylic acids is 1.